The first-order chi connectivity index (χ1) is 8.18. The molecule has 0 N–H and O–H groups in total. The van der Waals surface area contributed by atoms with E-state index in [4.69, 9.17) is 0 Å². The average Bonchev–Trinajstić information content (AvgIpc) is 2.57. The highest BCUT2D eigenvalue weighted by Gasteiger charge is 2.49. The molecular weight excluding hydrogens is 276 g/mol. The van der Waals surface area contributed by atoms with Gasteiger partial charge < -0.3 is 0 Å². The second kappa shape index (κ2) is 3.81. The maximum absolute atomic E-state index is 12.5. The molecule has 1 saturated carbocycles. The van der Waals surface area contributed by atoms with Crippen molar-refractivity contribution in [1.82, 2.24) is 0 Å². The molecule has 0 heterocycles. The van der Waals surface area contributed by atoms with Crippen LogP contribution in [0.4, 0.5) is 0 Å². The van der Waals surface area contributed by atoms with Gasteiger partial charge in [-0.3, -0.25) is 4.79 Å². The Kier molecular flexibility index (Phi) is 2.51. The van der Waals surface area contributed by atoms with Crippen molar-refractivity contribution in [2.24, 2.45) is 0 Å². The lowest BCUT2D eigenvalue weighted by Gasteiger charge is -2.33. The largest absolute Gasteiger partial charge is 0.298 e. The minimum absolute atomic E-state index is 0.348. The van der Waals surface area contributed by atoms with Crippen LogP contribution in [0.2, 0.25) is 0 Å². The third kappa shape index (κ3) is 1.33. The Morgan fingerprint density at radius 3 is 2.76 bits per heavy atom. The lowest BCUT2D eigenvalue weighted by atomic mass is 9.70. The topological polar surface area (TPSA) is 17.1 Å². The average molecular weight is 291 g/mol. The van der Waals surface area contributed by atoms with E-state index in [9.17, 15) is 4.79 Å². The number of benzene rings is 1. The summed E-state index contributed by atoms with van der Waals surface area (Å²) in [6.07, 6.45) is 3.86. The van der Waals surface area contributed by atoms with E-state index in [0.717, 1.165) is 30.2 Å². The lowest BCUT2D eigenvalue weighted by molar-refractivity contribution is -0.124. The van der Waals surface area contributed by atoms with E-state index in [0.29, 0.717) is 5.78 Å². The van der Waals surface area contributed by atoms with Gasteiger partial charge in [-0.15, -0.1) is 0 Å². The Bertz CT molecular complexity index is 529. The van der Waals surface area contributed by atoms with Gasteiger partial charge in [-0.05, 0) is 36.5 Å². The number of rotatable bonds is 0. The molecule has 1 nitrogen and oxygen atoms in total. The van der Waals surface area contributed by atoms with Crippen LogP contribution in [0.1, 0.15) is 43.7 Å². The van der Waals surface area contributed by atoms with Gasteiger partial charge >= 0.3 is 0 Å². The normalized spacial score (nSPS) is 27.8. The molecule has 17 heavy (non-hydrogen) atoms. The molecule has 0 bridgehead atoms. The monoisotopic (exact) mass is 290 g/mol. The number of ketones is 1. The van der Waals surface area contributed by atoms with Gasteiger partial charge in [0, 0.05) is 10.9 Å². The van der Waals surface area contributed by atoms with Crippen molar-refractivity contribution in [3.8, 4) is 0 Å². The SMILES string of the molecule is CC1=C(Br)C2(CCCCC2=O)c2ccccc21. The number of allylic oxidation sites excluding steroid dienone is 2. The van der Waals surface area contributed by atoms with Crippen molar-refractivity contribution in [3.05, 3.63) is 39.9 Å². The number of halogens is 1. The molecule has 1 fully saturated rings. The summed E-state index contributed by atoms with van der Waals surface area (Å²) < 4.78 is 1.11. The van der Waals surface area contributed by atoms with Gasteiger partial charge in [0.15, 0.2) is 0 Å². The fourth-order valence-electron chi connectivity index (χ4n) is 3.28. The van der Waals surface area contributed by atoms with Gasteiger partial charge in [0.25, 0.3) is 0 Å². The van der Waals surface area contributed by atoms with Gasteiger partial charge in [-0.2, -0.15) is 0 Å². The third-order valence-corrected chi connectivity index (χ3v) is 5.45. The third-order valence-electron chi connectivity index (χ3n) is 4.18. The lowest BCUT2D eigenvalue weighted by Crippen LogP contribution is -2.37. The second-order valence-electron chi connectivity index (χ2n) is 5.02. The molecule has 0 saturated heterocycles. The molecule has 0 aromatic heterocycles. The van der Waals surface area contributed by atoms with Crippen LogP contribution in [0.25, 0.3) is 5.57 Å². The molecule has 1 unspecified atom stereocenters. The van der Waals surface area contributed by atoms with Gasteiger partial charge in [0.05, 0.1) is 5.41 Å². The summed E-state index contributed by atoms with van der Waals surface area (Å²) in [7, 11) is 0. The predicted octanol–water partition coefficient (Wildman–Crippen LogP) is 4.21. The van der Waals surface area contributed by atoms with E-state index in [-0.39, 0.29) is 5.41 Å². The zero-order valence-corrected chi connectivity index (χ0v) is 11.5. The van der Waals surface area contributed by atoms with Crippen molar-refractivity contribution in [1.29, 1.82) is 0 Å². The Hall–Kier alpha value is -0.890. The summed E-state index contributed by atoms with van der Waals surface area (Å²) in [4.78, 5) is 12.5. The van der Waals surface area contributed by atoms with Gasteiger partial charge in [-0.25, -0.2) is 0 Å². The molecule has 2 aliphatic rings. The van der Waals surface area contributed by atoms with Crippen LogP contribution in [0.3, 0.4) is 0 Å². The highest BCUT2D eigenvalue weighted by atomic mass is 79.9. The number of fused-ring (bicyclic) bond motifs is 2. The van der Waals surface area contributed by atoms with Crippen molar-refractivity contribution >= 4 is 27.3 Å². The molecular formula is C15H15BrO. The summed E-state index contributed by atoms with van der Waals surface area (Å²) in [6, 6.07) is 8.34. The zero-order chi connectivity index (χ0) is 12.0. The van der Waals surface area contributed by atoms with E-state index < -0.39 is 0 Å². The van der Waals surface area contributed by atoms with E-state index in [2.05, 4.69) is 41.1 Å². The van der Waals surface area contributed by atoms with E-state index in [1.165, 1.54) is 16.7 Å². The maximum atomic E-state index is 12.5. The first-order valence-electron chi connectivity index (χ1n) is 6.18. The standard InChI is InChI=1S/C15H15BrO/c1-10-11-6-2-3-7-12(11)15(14(10)16)9-5-4-8-13(15)17/h2-3,6-7H,4-5,8-9H2,1H3. The maximum Gasteiger partial charge on any atom is 0.148 e. The molecule has 2 heteroatoms. The Labute approximate surface area is 110 Å². The minimum atomic E-state index is -0.348. The summed E-state index contributed by atoms with van der Waals surface area (Å²) >= 11 is 3.70. The summed E-state index contributed by atoms with van der Waals surface area (Å²) in [5.74, 6) is 0.389. The Morgan fingerprint density at radius 1 is 1.24 bits per heavy atom. The van der Waals surface area contributed by atoms with E-state index >= 15 is 0 Å². The van der Waals surface area contributed by atoms with Crippen LogP contribution in [0.15, 0.2) is 28.7 Å². The van der Waals surface area contributed by atoms with Crippen molar-refractivity contribution < 1.29 is 4.79 Å². The molecule has 0 radical (unpaired) electrons. The Morgan fingerprint density at radius 2 is 2.00 bits per heavy atom. The molecule has 1 aromatic carbocycles. The minimum Gasteiger partial charge on any atom is -0.298 e. The Balaban J connectivity index is 2.27. The fraction of sp³-hybridized carbons (Fsp3) is 0.400. The number of Topliss-reactive ketones (excluding diaryl/α,β-unsaturated/α-hetero) is 1. The van der Waals surface area contributed by atoms with Gasteiger partial charge in [0.1, 0.15) is 5.78 Å². The molecule has 1 atom stereocenters. The van der Waals surface area contributed by atoms with E-state index in [1.807, 2.05) is 6.07 Å². The number of carbonyl (C=O) groups excluding carboxylic acids is 1. The first kappa shape index (κ1) is 11.2. The first-order valence-corrected chi connectivity index (χ1v) is 6.97. The highest BCUT2D eigenvalue weighted by Crippen LogP contribution is 2.54. The zero-order valence-electron chi connectivity index (χ0n) is 9.92. The molecule has 3 rings (SSSR count). The molecule has 0 amide bonds. The van der Waals surface area contributed by atoms with Crippen LogP contribution >= 0.6 is 15.9 Å². The number of hydrogen-bond acceptors (Lipinski definition) is 1. The molecule has 2 aliphatic carbocycles. The number of carbonyl (C=O) groups is 1. The molecule has 0 aliphatic heterocycles. The smallest absolute Gasteiger partial charge is 0.148 e. The summed E-state index contributed by atoms with van der Waals surface area (Å²) in [5, 5.41) is 0. The van der Waals surface area contributed by atoms with Gasteiger partial charge in [-0.1, -0.05) is 46.6 Å². The van der Waals surface area contributed by atoms with Crippen LogP contribution in [0, 0.1) is 0 Å². The van der Waals surface area contributed by atoms with Crippen LogP contribution in [-0.4, -0.2) is 5.78 Å². The second-order valence-corrected chi connectivity index (χ2v) is 5.81. The van der Waals surface area contributed by atoms with Crippen LogP contribution in [-0.2, 0) is 10.2 Å². The number of hydrogen-bond donors (Lipinski definition) is 0. The molecule has 88 valence electrons. The fourth-order valence-corrected chi connectivity index (χ4v) is 4.13. The quantitative estimate of drug-likeness (QED) is 0.700. The predicted molar refractivity (Wildman–Crippen MR) is 73.1 cm³/mol. The van der Waals surface area contributed by atoms with Gasteiger partial charge in [0.2, 0.25) is 0 Å². The van der Waals surface area contributed by atoms with Crippen LogP contribution < -0.4 is 0 Å². The van der Waals surface area contributed by atoms with Crippen LogP contribution in [0.5, 0.6) is 0 Å². The summed E-state index contributed by atoms with van der Waals surface area (Å²) in [6.45, 7) is 2.11. The van der Waals surface area contributed by atoms with E-state index in [1.54, 1.807) is 0 Å². The van der Waals surface area contributed by atoms with Crippen molar-refractivity contribution in [2.45, 2.75) is 38.0 Å². The molecule has 1 spiro atoms. The highest BCUT2D eigenvalue weighted by molar-refractivity contribution is 9.12. The van der Waals surface area contributed by atoms with Crippen molar-refractivity contribution in [3.63, 3.8) is 0 Å². The summed E-state index contributed by atoms with van der Waals surface area (Å²) in [5.41, 5.74) is 3.35. The molecule has 1 aromatic rings. The van der Waals surface area contributed by atoms with Crippen molar-refractivity contribution in [2.75, 3.05) is 0 Å².